The first-order chi connectivity index (χ1) is 4.31. The fourth-order valence-corrected chi connectivity index (χ4v) is 0.462. The van der Waals surface area contributed by atoms with Gasteiger partial charge in [0, 0.05) is 6.42 Å². The summed E-state index contributed by atoms with van der Waals surface area (Å²) in [7, 11) is 0. The highest BCUT2D eigenvalue weighted by Gasteiger charge is 1.95. The molecular formula is C6H12NO2. The van der Waals surface area contributed by atoms with Crippen LogP contribution in [-0.4, -0.2) is 17.7 Å². The van der Waals surface area contributed by atoms with Crippen molar-refractivity contribution in [2.24, 2.45) is 0 Å². The molecule has 0 rings (SSSR count). The molecule has 0 atom stereocenters. The smallest absolute Gasteiger partial charge is 0.221 e. The van der Waals surface area contributed by atoms with Gasteiger partial charge in [0.25, 0.3) is 0 Å². The zero-order valence-corrected chi connectivity index (χ0v) is 5.39. The monoisotopic (exact) mass is 130 g/mol. The normalized spacial score (nSPS) is 9.11. The summed E-state index contributed by atoms with van der Waals surface area (Å²) in [6.07, 6.45) is 2.01. The van der Waals surface area contributed by atoms with Crippen molar-refractivity contribution in [1.82, 2.24) is 5.32 Å². The average molecular weight is 130 g/mol. The van der Waals surface area contributed by atoms with Crippen molar-refractivity contribution >= 4 is 5.91 Å². The molecular weight excluding hydrogens is 118 g/mol. The maximum Gasteiger partial charge on any atom is 0.221 e. The number of hydrogen-bond acceptors (Lipinski definition) is 2. The van der Waals surface area contributed by atoms with Gasteiger partial charge in [-0.2, -0.15) is 0 Å². The Labute approximate surface area is 55.1 Å². The molecule has 2 N–H and O–H groups in total. The summed E-state index contributed by atoms with van der Waals surface area (Å²) in [4.78, 5) is 10.5. The Balaban J connectivity index is 3.06. The Kier molecular flexibility index (Phi) is 5.21. The van der Waals surface area contributed by atoms with Gasteiger partial charge in [0.1, 0.15) is 6.73 Å². The summed E-state index contributed by atoms with van der Waals surface area (Å²) < 4.78 is 0. The lowest BCUT2D eigenvalue weighted by Crippen LogP contribution is -2.23. The van der Waals surface area contributed by atoms with Gasteiger partial charge in [0.15, 0.2) is 0 Å². The molecule has 0 saturated carbocycles. The number of aliphatic hydroxyl groups is 1. The molecule has 0 aliphatic carbocycles. The van der Waals surface area contributed by atoms with E-state index < -0.39 is 0 Å². The third-order valence-corrected chi connectivity index (χ3v) is 0.930. The third-order valence-electron chi connectivity index (χ3n) is 0.930. The second-order valence-corrected chi connectivity index (χ2v) is 1.72. The van der Waals surface area contributed by atoms with Crippen LogP contribution in [0.4, 0.5) is 0 Å². The van der Waals surface area contributed by atoms with Gasteiger partial charge >= 0.3 is 0 Å². The van der Waals surface area contributed by atoms with Crippen LogP contribution in [0.1, 0.15) is 19.3 Å². The zero-order valence-electron chi connectivity index (χ0n) is 5.39. The summed E-state index contributed by atoms with van der Waals surface area (Å²) >= 11 is 0. The number of unbranched alkanes of at least 4 members (excludes halogenated alkanes) is 1. The standard InChI is InChI=1S/C6H12NO2/c1-2-3-4-6(9)7-5-8/h8H,1-5H2,(H,7,9). The van der Waals surface area contributed by atoms with E-state index in [4.69, 9.17) is 5.11 Å². The number of carbonyl (C=O) groups excluding carboxylic acids is 1. The lowest BCUT2D eigenvalue weighted by Gasteiger charge is -1.97. The molecule has 53 valence electrons. The summed E-state index contributed by atoms with van der Waals surface area (Å²) in [6, 6.07) is 0. The SMILES string of the molecule is [CH2]CCCC(=O)NCO. The second-order valence-electron chi connectivity index (χ2n) is 1.72. The molecule has 0 spiro atoms. The van der Waals surface area contributed by atoms with Gasteiger partial charge in [0.05, 0.1) is 0 Å². The van der Waals surface area contributed by atoms with E-state index in [1.807, 2.05) is 0 Å². The fourth-order valence-electron chi connectivity index (χ4n) is 0.462. The molecule has 0 heterocycles. The second kappa shape index (κ2) is 5.56. The van der Waals surface area contributed by atoms with Crippen molar-refractivity contribution in [2.45, 2.75) is 19.3 Å². The molecule has 0 aliphatic rings. The Morgan fingerprint density at radius 1 is 1.67 bits per heavy atom. The quantitative estimate of drug-likeness (QED) is 0.528. The number of amides is 1. The number of rotatable bonds is 4. The van der Waals surface area contributed by atoms with Crippen molar-refractivity contribution < 1.29 is 9.90 Å². The molecule has 1 amide bonds. The van der Waals surface area contributed by atoms with Crippen LogP contribution in [0.25, 0.3) is 0 Å². The first-order valence-corrected chi connectivity index (χ1v) is 2.98. The lowest BCUT2D eigenvalue weighted by atomic mass is 10.2. The summed E-state index contributed by atoms with van der Waals surface area (Å²) in [5, 5.41) is 10.5. The van der Waals surface area contributed by atoms with E-state index in [0.717, 1.165) is 12.8 Å². The van der Waals surface area contributed by atoms with E-state index in [1.165, 1.54) is 0 Å². The largest absolute Gasteiger partial charge is 0.377 e. The number of hydrogen-bond donors (Lipinski definition) is 2. The number of aliphatic hydroxyl groups excluding tert-OH is 1. The van der Waals surface area contributed by atoms with E-state index in [-0.39, 0.29) is 12.6 Å². The average Bonchev–Trinajstić information content (AvgIpc) is 1.85. The molecule has 1 radical (unpaired) electrons. The van der Waals surface area contributed by atoms with Crippen LogP contribution < -0.4 is 5.32 Å². The van der Waals surface area contributed by atoms with Crippen LogP contribution in [0.2, 0.25) is 0 Å². The Morgan fingerprint density at radius 2 is 2.33 bits per heavy atom. The van der Waals surface area contributed by atoms with Crippen LogP contribution >= 0.6 is 0 Å². The minimum absolute atomic E-state index is 0.110. The van der Waals surface area contributed by atoms with Gasteiger partial charge in [-0.05, 0) is 6.42 Å². The lowest BCUT2D eigenvalue weighted by molar-refractivity contribution is -0.122. The van der Waals surface area contributed by atoms with E-state index in [9.17, 15) is 4.79 Å². The molecule has 0 aromatic carbocycles. The first-order valence-electron chi connectivity index (χ1n) is 2.98. The van der Waals surface area contributed by atoms with Crippen LogP contribution in [0.3, 0.4) is 0 Å². The molecule has 0 fully saturated rings. The predicted octanol–water partition coefficient (Wildman–Crippen LogP) is 0.0568. The van der Waals surface area contributed by atoms with E-state index >= 15 is 0 Å². The molecule has 0 unspecified atom stereocenters. The molecule has 0 saturated heterocycles. The van der Waals surface area contributed by atoms with Gasteiger partial charge in [-0.1, -0.05) is 13.3 Å². The van der Waals surface area contributed by atoms with E-state index in [1.54, 1.807) is 0 Å². The topological polar surface area (TPSA) is 49.3 Å². The van der Waals surface area contributed by atoms with Gasteiger partial charge in [-0.15, -0.1) is 0 Å². The van der Waals surface area contributed by atoms with Gasteiger partial charge in [-0.3, -0.25) is 4.79 Å². The number of nitrogens with one attached hydrogen (secondary N) is 1. The van der Waals surface area contributed by atoms with Crippen molar-refractivity contribution in [3.8, 4) is 0 Å². The molecule has 0 aromatic rings. The van der Waals surface area contributed by atoms with Gasteiger partial charge < -0.3 is 10.4 Å². The van der Waals surface area contributed by atoms with Crippen molar-refractivity contribution in [3.63, 3.8) is 0 Å². The maximum absolute atomic E-state index is 10.5. The Bertz CT molecular complexity index is 83.1. The maximum atomic E-state index is 10.5. The van der Waals surface area contributed by atoms with Gasteiger partial charge in [-0.25, -0.2) is 0 Å². The predicted molar refractivity (Wildman–Crippen MR) is 34.4 cm³/mol. The van der Waals surface area contributed by atoms with E-state index in [2.05, 4.69) is 12.2 Å². The van der Waals surface area contributed by atoms with Crippen LogP contribution in [0, 0.1) is 6.92 Å². The van der Waals surface area contributed by atoms with Crippen molar-refractivity contribution in [1.29, 1.82) is 0 Å². The fraction of sp³-hybridized carbons (Fsp3) is 0.667. The number of carbonyl (C=O) groups is 1. The molecule has 3 nitrogen and oxygen atoms in total. The summed E-state index contributed by atoms with van der Waals surface area (Å²) in [6.45, 7) is 3.31. The highest BCUT2D eigenvalue weighted by atomic mass is 16.3. The van der Waals surface area contributed by atoms with Crippen molar-refractivity contribution in [2.75, 3.05) is 6.73 Å². The third kappa shape index (κ3) is 5.30. The van der Waals surface area contributed by atoms with E-state index in [0.29, 0.717) is 6.42 Å². The molecule has 9 heavy (non-hydrogen) atoms. The minimum Gasteiger partial charge on any atom is -0.377 e. The van der Waals surface area contributed by atoms with Crippen molar-refractivity contribution in [3.05, 3.63) is 6.92 Å². The molecule has 3 heteroatoms. The van der Waals surface area contributed by atoms with Gasteiger partial charge in [0.2, 0.25) is 5.91 Å². The molecule has 0 aromatic heterocycles. The molecule has 0 aliphatic heterocycles. The summed E-state index contributed by atoms with van der Waals surface area (Å²) in [5.41, 5.74) is 0. The highest BCUT2D eigenvalue weighted by molar-refractivity contribution is 5.75. The first kappa shape index (κ1) is 8.43. The zero-order chi connectivity index (χ0) is 7.11. The summed E-state index contributed by atoms with van der Waals surface area (Å²) in [5.74, 6) is -0.110. The molecule has 0 bridgehead atoms. The van der Waals surface area contributed by atoms with Crippen LogP contribution in [0.15, 0.2) is 0 Å². The Hall–Kier alpha value is -0.570. The minimum atomic E-state index is -0.268. The van der Waals surface area contributed by atoms with Crippen LogP contribution in [-0.2, 0) is 4.79 Å². The highest BCUT2D eigenvalue weighted by Crippen LogP contribution is 1.91. The van der Waals surface area contributed by atoms with Crippen LogP contribution in [0.5, 0.6) is 0 Å². The Morgan fingerprint density at radius 3 is 2.78 bits per heavy atom.